The second-order valence-corrected chi connectivity index (χ2v) is 8.50. The molecule has 3 nitrogen and oxygen atoms in total. The summed E-state index contributed by atoms with van der Waals surface area (Å²) in [5, 5.41) is 7.99. The van der Waals surface area contributed by atoms with E-state index in [1.165, 1.54) is 16.3 Å². The third-order valence-electron chi connectivity index (χ3n) is 5.20. The van der Waals surface area contributed by atoms with Crippen molar-refractivity contribution in [1.29, 1.82) is 0 Å². The largest absolute Gasteiger partial charge is 0.489 e. The zero-order valence-electron chi connectivity index (χ0n) is 17.5. The molecule has 32 heavy (non-hydrogen) atoms. The van der Waals surface area contributed by atoms with Crippen LogP contribution < -0.4 is 14.8 Å². The molecule has 0 atom stereocenters. The van der Waals surface area contributed by atoms with E-state index in [0.29, 0.717) is 6.61 Å². The van der Waals surface area contributed by atoms with Gasteiger partial charge in [-0.15, -0.1) is 0 Å². The van der Waals surface area contributed by atoms with E-state index in [1.54, 1.807) is 11.3 Å². The minimum Gasteiger partial charge on any atom is -0.489 e. The zero-order chi connectivity index (χ0) is 21.6. The van der Waals surface area contributed by atoms with Crippen molar-refractivity contribution in [3.63, 3.8) is 0 Å². The van der Waals surface area contributed by atoms with Gasteiger partial charge in [-0.3, -0.25) is 0 Å². The number of rotatable bonds is 8. The lowest BCUT2D eigenvalue weighted by Gasteiger charge is -2.08. The lowest BCUT2D eigenvalue weighted by Crippen LogP contribution is -1.98. The summed E-state index contributed by atoms with van der Waals surface area (Å²) < 4.78 is 11.9. The molecule has 0 radical (unpaired) electrons. The van der Waals surface area contributed by atoms with Gasteiger partial charge in [-0.25, -0.2) is 0 Å². The number of anilines is 1. The van der Waals surface area contributed by atoms with Crippen LogP contribution in [0.25, 0.3) is 10.8 Å². The van der Waals surface area contributed by atoms with Gasteiger partial charge in [0.05, 0.1) is 5.00 Å². The van der Waals surface area contributed by atoms with Crippen LogP contribution in [0, 0.1) is 0 Å². The second kappa shape index (κ2) is 9.58. The lowest BCUT2D eigenvalue weighted by atomic mass is 10.0. The molecule has 0 fully saturated rings. The first-order chi connectivity index (χ1) is 15.8. The van der Waals surface area contributed by atoms with Crippen molar-refractivity contribution in [2.45, 2.75) is 13.2 Å². The highest BCUT2D eigenvalue weighted by Gasteiger charge is 2.05. The van der Waals surface area contributed by atoms with Crippen molar-refractivity contribution >= 4 is 27.1 Å². The van der Waals surface area contributed by atoms with Crippen LogP contribution in [0.4, 0.5) is 5.00 Å². The maximum atomic E-state index is 6.02. The number of thiophene rings is 1. The molecule has 0 spiro atoms. The first kappa shape index (κ1) is 20.2. The number of hydrogen-bond donors (Lipinski definition) is 1. The number of hydrogen-bond acceptors (Lipinski definition) is 4. The minimum absolute atomic E-state index is 0.553. The summed E-state index contributed by atoms with van der Waals surface area (Å²) in [7, 11) is 0. The third kappa shape index (κ3) is 4.93. The van der Waals surface area contributed by atoms with Gasteiger partial charge in [-0.1, -0.05) is 84.1 Å². The molecule has 0 bridgehead atoms. The molecule has 0 unspecified atom stereocenters. The van der Waals surface area contributed by atoms with Gasteiger partial charge in [-0.2, -0.15) is 0 Å². The molecule has 1 heterocycles. The Bertz CT molecular complexity index is 1290. The molecular weight excluding hydrogens is 414 g/mol. The lowest BCUT2D eigenvalue weighted by molar-refractivity contribution is 0.306. The minimum atomic E-state index is 0.553. The van der Waals surface area contributed by atoms with Crippen molar-refractivity contribution in [1.82, 2.24) is 0 Å². The summed E-state index contributed by atoms with van der Waals surface area (Å²) in [6.07, 6.45) is 0. The molecular formula is C28H23NO2S. The molecule has 4 aromatic carbocycles. The van der Waals surface area contributed by atoms with E-state index in [4.69, 9.17) is 9.47 Å². The number of fused-ring (bicyclic) bond motifs is 1. The molecule has 158 valence electrons. The molecule has 0 aliphatic heterocycles. The molecule has 0 amide bonds. The van der Waals surface area contributed by atoms with Crippen LogP contribution in [0.15, 0.2) is 109 Å². The van der Waals surface area contributed by atoms with E-state index < -0.39 is 0 Å². The second-order valence-electron chi connectivity index (χ2n) is 7.46. The Morgan fingerprint density at radius 3 is 2.28 bits per heavy atom. The maximum absolute atomic E-state index is 6.02. The number of ether oxygens (including phenoxy) is 2. The predicted octanol–water partition coefficient (Wildman–Crippen LogP) is 7.88. The van der Waals surface area contributed by atoms with Crippen LogP contribution in [0.1, 0.15) is 11.1 Å². The molecule has 5 rings (SSSR count). The average molecular weight is 438 g/mol. The van der Waals surface area contributed by atoms with Gasteiger partial charge in [0.1, 0.15) is 18.1 Å². The average Bonchev–Trinajstić information content (AvgIpc) is 3.30. The standard InChI is InChI=1S/C28H23NO2S/c1-2-7-21(8-3-1)20-30-24-13-15-25(16-14-24)31-28-18-17-27(32-28)29-19-23-11-6-10-22-9-4-5-12-26(22)23/h1-18,29H,19-20H2. The van der Waals surface area contributed by atoms with Crippen LogP contribution >= 0.6 is 11.3 Å². The monoisotopic (exact) mass is 437 g/mol. The summed E-state index contributed by atoms with van der Waals surface area (Å²) in [5.41, 5.74) is 2.43. The predicted molar refractivity (Wildman–Crippen MR) is 133 cm³/mol. The van der Waals surface area contributed by atoms with Crippen molar-refractivity contribution in [2.75, 3.05) is 5.32 Å². The Morgan fingerprint density at radius 2 is 1.41 bits per heavy atom. The van der Waals surface area contributed by atoms with Crippen LogP contribution in [0.2, 0.25) is 0 Å². The topological polar surface area (TPSA) is 30.5 Å². The number of benzene rings is 4. The van der Waals surface area contributed by atoms with Gasteiger partial charge in [0, 0.05) is 6.54 Å². The van der Waals surface area contributed by atoms with Crippen LogP contribution in [0.3, 0.4) is 0 Å². The highest BCUT2D eigenvalue weighted by Crippen LogP contribution is 2.34. The Balaban J connectivity index is 1.17. The van der Waals surface area contributed by atoms with E-state index in [1.807, 2.05) is 48.5 Å². The van der Waals surface area contributed by atoms with Crippen molar-refractivity contribution in [3.05, 3.63) is 120 Å². The van der Waals surface area contributed by atoms with Gasteiger partial charge in [0.15, 0.2) is 5.06 Å². The molecule has 0 saturated carbocycles. The van der Waals surface area contributed by atoms with E-state index in [2.05, 4.69) is 66.0 Å². The summed E-state index contributed by atoms with van der Waals surface area (Å²) >= 11 is 1.60. The van der Waals surface area contributed by atoms with Crippen molar-refractivity contribution in [3.8, 4) is 16.6 Å². The SMILES string of the molecule is c1ccc(COc2ccc(Oc3ccc(NCc4cccc5ccccc45)s3)cc2)cc1. The fourth-order valence-corrected chi connectivity index (χ4v) is 4.33. The molecule has 4 heteroatoms. The summed E-state index contributed by atoms with van der Waals surface area (Å²) in [6.45, 7) is 1.33. The van der Waals surface area contributed by atoms with Gasteiger partial charge in [0.25, 0.3) is 0 Å². The third-order valence-corrected chi connectivity index (χ3v) is 6.13. The Morgan fingerprint density at radius 1 is 0.656 bits per heavy atom. The summed E-state index contributed by atoms with van der Waals surface area (Å²) in [5.74, 6) is 1.62. The van der Waals surface area contributed by atoms with E-state index in [0.717, 1.165) is 33.7 Å². The number of nitrogens with one attached hydrogen (secondary N) is 1. The smallest absolute Gasteiger partial charge is 0.182 e. The Labute approximate surface area is 191 Å². The van der Waals surface area contributed by atoms with Crippen molar-refractivity contribution < 1.29 is 9.47 Å². The molecule has 0 saturated heterocycles. The van der Waals surface area contributed by atoms with Crippen LogP contribution in [0.5, 0.6) is 16.6 Å². The fraction of sp³-hybridized carbons (Fsp3) is 0.0714. The van der Waals surface area contributed by atoms with Crippen LogP contribution in [-0.4, -0.2) is 0 Å². The highest BCUT2D eigenvalue weighted by molar-refractivity contribution is 7.17. The van der Waals surface area contributed by atoms with Gasteiger partial charge < -0.3 is 14.8 Å². The van der Waals surface area contributed by atoms with Gasteiger partial charge >= 0.3 is 0 Å². The molecule has 1 N–H and O–H groups in total. The van der Waals surface area contributed by atoms with Crippen LogP contribution in [-0.2, 0) is 13.2 Å². The summed E-state index contributed by atoms with van der Waals surface area (Å²) in [6, 6.07) is 36.8. The summed E-state index contributed by atoms with van der Waals surface area (Å²) in [4.78, 5) is 0. The van der Waals surface area contributed by atoms with E-state index >= 15 is 0 Å². The Kier molecular flexibility index (Phi) is 6.04. The zero-order valence-corrected chi connectivity index (χ0v) is 18.3. The van der Waals surface area contributed by atoms with E-state index in [-0.39, 0.29) is 0 Å². The normalized spacial score (nSPS) is 10.8. The van der Waals surface area contributed by atoms with E-state index in [9.17, 15) is 0 Å². The quantitative estimate of drug-likeness (QED) is 0.268. The first-order valence-corrected chi connectivity index (χ1v) is 11.4. The highest BCUT2D eigenvalue weighted by atomic mass is 32.1. The maximum Gasteiger partial charge on any atom is 0.182 e. The van der Waals surface area contributed by atoms with Gasteiger partial charge in [0.2, 0.25) is 0 Å². The Hall–Kier alpha value is -3.76. The van der Waals surface area contributed by atoms with Crippen molar-refractivity contribution in [2.24, 2.45) is 0 Å². The van der Waals surface area contributed by atoms with Gasteiger partial charge in [-0.05, 0) is 58.3 Å². The molecule has 0 aliphatic carbocycles. The molecule has 1 aromatic heterocycles. The molecule has 0 aliphatic rings. The first-order valence-electron chi connectivity index (χ1n) is 10.6. The molecule has 5 aromatic rings. The fourth-order valence-electron chi connectivity index (χ4n) is 3.56.